The Morgan fingerprint density at radius 3 is 2.30 bits per heavy atom. The van der Waals surface area contributed by atoms with Gasteiger partial charge in [-0.15, -0.1) is 0 Å². The first-order valence-electron chi connectivity index (χ1n) is 15.5. The monoisotopic (exact) mass is 645 g/mol. The highest BCUT2D eigenvalue weighted by atomic mass is 32.2. The number of hydrogen-bond acceptors (Lipinski definition) is 9. The summed E-state index contributed by atoms with van der Waals surface area (Å²) in [6.45, 7) is 1.44. The van der Waals surface area contributed by atoms with Crippen molar-refractivity contribution in [2.75, 3.05) is 12.3 Å². The van der Waals surface area contributed by atoms with E-state index in [1.165, 1.54) is 11.8 Å². The number of aliphatic hydroxyl groups excluding tert-OH is 2. The van der Waals surface area contributed by atoms with Gasteiger partial charge in [0.2, 0.25) is 11.8 Å². The van der Waals surface area contributed by atoms with Crippen LogP contribution in [0.15, 0.2) is 12.2 Å². The van der Waals surface area contributed by atoms with Crippen LogP contribution in [0.2, 0.25) is 0 Å². The summed E-state index contributed by atoms with van der Waals surface area (Å²) in [5, 5.41) is 53.0. The van der Waals surface area contributed by atoms with E-state index < -0.39 is 60.6 Å². The van der Waals surface area contributed by atoms with Crippen molar-refractivity contribution in [1.82, 2.24) is 10.6 Å². The molecule has 0 saturated heterocycles. The highest BCUT2D eigenvalue weighted by molar-refractivity contribution is 8.00. The molecule has 252 valence electrons. The second kappa shape index (κ2) is 21.9. The minimum atomic E-state index is -1.26. The van der Waals surface area contributed by atoms with E-state index in [2.05, 4.69) is 17.6 Å². The summed E-state index contributed by atoms with van der Waals surface area (Å²) in [6, 6.07) is -2.35. The quantitative estimate of drug-likeness (QED) is 0.0555. The predicted molar refractivity (Wildman–Crippen MR) is 166 cm³/mol. The van der Waals surface area contributed by atoms with E-state index in [0.29, 0.717) is 25.7 Å². The number of amides is 2. The molecule has 1 aliphatic rings. The molecule has 0 aliphatic heterocycles. The number of hydrogen-bond donors (Lipinski definition) is 8. The van der Waals surface area contributed by atoms with Crippen LogP contribution in [0.3, 0.4) is 0 Å². The molecule has 13 nitrogen and oxygen atoms in total. The van der Waals surface area contributed by atoms with Crippen LogP contribution < -0.4 is 16.4 Å². The van der Waals surface area contributed by atoms with Gasteiger partial charge in [0.25, 0.3) is 0 Å². The largest absolute Gasteiger partial charge is 0.481 e. The molecule has 0 radical (unpaired) electrons. The molecule has 0 aromatic carbocycles. The first kappa shape index (κ1) is 39.3. The normalized spacial score (nSPS) is 21.9. The molecule has 1 fully saturated rings. The fourth-order valence-electron chi connectivity index (χ4n) is 5.26. The zero-order chi connectivity index (χ0) is 33.1. The summed E-state index contributed by atoms with van der Waals surface area (Å²) >= 11 is 1.37. The topological polar surface area (TPSA) is 237 Å². The Labute approximate surface area is 263 Å². The Morgan fingerprint density at radius 1 is 0.955 bits per heavy atom. The van der Waals surface area contributed by atoms with Gasteiger partial charge in [-0.3, -0.25) is 24.0 Å². The maximum absolute atomic E-state index is 12.8. The summed E-state index contributed by atoms with van der Waals surface area (Å²) in [6.07, 6.45) is 9.83. The molecule has 14 heteroatoms. The van der Waals surface area contributed by atoms with Crippen molar-refractivity contribution >= 4 is 41.5 Å². The Bertz CT molecular complexity index is 950. The fourth-order valence-corrected chi connectivity index (χ4v) is 6.79. The van der Waals surface area contributed by atoms with E-state index in [1.54, 1.807) is 6.08 Å². The van der Waals surface area contributed by atoms with Gasteiger partial charge in [-0.1, -0.05) is 57.6 Å². The van der Waals surface area contributed by atoms with Gasteiger partial charge in [-0.2, -0.15) is 11.8 Å². The summed E-state index contributed by atoms with van der Waals surface area (Å²) in [5.41, 5.74) is 5.47. The van der Waals surface area contributed by atoms with E-state index in [0.717, 1.165) is 38.5 Å². The van der Waals surface area contributed by atoms with E-state index in [9.17, 15) is 34.2 Å². The summed E-state index contributed by atoms with van der Waals surface area (Å²) in [7, 11) is 0. The molecule has 9 N–H and O–H groups in total. The molecule has 0 heterocycles. The van der Waals surface area contributed by atoms with E-state index >= 15 is 0 Å². The number of carboxylic acid groups (broad SMARTS) is 3. The first-order chi connectivity index (χ1) is 20.8. The maximum atomic E-state index is 12.8. The van der Waals surface area contributed by atoms with Crippen LogP contribution in [0, 0.1) is 11.8 Å². The molecule has 2 amide bonds. The smallest absolute Gasteiger partial charge is 0.322 e. The minimum absolute atomic E-state index is 0.0743. The summed E-state index contributed by atoms with van der Waals surface area (Å²) in [4.78, 5) is 58.1. The van der Waals surface area contributed by atoms with Crippen LogP contribution in [0.25, 0.3) is 0 Å². The third kappa shape index (κ3) is 16.4. The molecule has 0 bridgehead atoms. The molecular formula is C30H51N3O10S. The number of thioether (sulfide) groups is 1. The van der Waals surface area contributed by atoms with E-state index in [4.69, 9.17) is 21.1 Å². The van der Waals surface area contributed by atoms with E-state index in [1.807, 2.05) is 6.08 Å². The van der Waals surface area contributed by atoms with Crippen LogP contribution >= 0.6 is 11.8 Å². The second-order valence-electron chi connectivity index (χ2n) is 11.4. The molecule has 7 atom stereocenters. The average molecular weight is 646 g/mol. The lowest BCUT2D eigenvalue weighted by molar-refractivity contribution is -0.139. The lowest BCUT2D eigenvalue weighted by Gasteiger charge is -2.25. The van der Waals surface area contributed by atoms with E-state index in [-0.39, 0.29) is 42.1 Å². The first-order valence-corrected chi connectivity index (χ1v) is 16.6. The van der Waals surface area contributed by atoms with Crippen molar-refractivity contribution in [2.45, 2.75) is 120 Å². The SMILES string of the molecule is CCCCCC(O)C=CC1C(SCC(NC(=O)CCC(N)C(=O)O)C(=O)NCC(=O)O)CC(O)C1CCCCCCC(=O)O. The number of allylic oxidation sites excluding steroid dienone is 1. The third-order valence-electron chi connectivity index (χ3n) is 7.77. The number of unbranched alkanes of at least 4 members (excludes halogenated alkanes) is 5. The molecule has 1 aliphatic carbocycles. The van der Waals surface area contributed by atoms with Crippen LogP contribution in [0.5, 0.6) is 0 Å². The van der Waals surface area contributed by atoms with Gasteiger partial charge in [-0.05, 0) is 43.9 Å². The Morgan fingerprint density at radius 2 is 1.66 bits per heavy atom. The molecule has 44 heavy (non-hydrogen) atoms. The number of aliphatic carboxylic acids is 3. The van der Waals surface area contributed by atoms with Gasteiger partial charge < -0.3 is 41.9 Å². The van der Waals surface area contributed by atoms with Gasteiger partial charge >= 0.3 is 17.9 Å². The van der Waals surface area contributed by atoms with Crippen LogP contribution in [-0.4, -0.2) is 97.1 Å². The minimum Gasteiger partial charge on any atom is -0.481 e. The van der Waals surface area contributed by atoms with Crippen LogP contribution in [0.4, 0.5) is 0 Å². The van der Waals surface area contributed by atoms with Gasteiger partial charge in [0.15, 0.2) is 0 Å². The average Bonchev–Trinajstić information content (AvgIpc) is 3.26. The highest BCUT2D eigenvalue weighted by Gasteiger charge is 2.41. The standard InChI is InChI=1S/C30H51N3O10S/c1-2-3-6-9-19(34)12-13-21-20(10-7-4-5-8-11-27(37)38)24(35)16-25(21)44-18-23(29(41)32-17-28(39)40)33-26(36)15-14-22(31)30(42)43/h12-13,19-25,34-35H,2-11,14-18,31H2,1H3,(H,32,41)(H,33,36)(H,37,38)(H,39,40)(H,42,43). The fraction of sp³-hybridized carbons (Fsp3) is 0.767. The number of aliphatic hydroxyl groups is 2. The number of carbonyl (C=O) groups excluding carboxylic acids is 2. The van der Waals surface area contributed by atoms with Crippen molar-refractivity contribution in [2.24, 2.45) is 17.6 Å². The summed E-state index contributed by atoms with van der Waals surface area (Å²) in [5.74, 6) is -4.81. The van der Waals surface area contributed by atoms with Gasteiger partial charge in [-0.25, -0.2) is 0 Å². The van der Waals surface area contributed by atoms with Crippen LogP contribution in [-0.2, 0) is 24.0 Å². The zero-order valence-corrected chi connectivity index (χ0v) is 26.4. The van der Waals surface area contributed by atoms with Gasteiger partial charge in [0.1, 0.15) is 18.6 Å². The molecule has 1 rings (SSSR count). The van der Waals surface area contributed by atoms with Crippen molar-refractivity contribution in [1.29, 1.82) is 0 Å². The lowest BCUT2D eigenvalue weighted by atomic mass is 9.88. The highest BCUT2D eigenvalue weighted by Crippen LogP contribution is 2.43. The Balaban J connectivity index is 2.98. The second-order valence-corrected chi connectivity index (χ2v) is 12.7. The maximum Gasteiger partial charge on any atom is 0.322 e. The molecule has 7 unspecified atom stereocenters. The molecule has 0 aromatic rings. The van der Waals surface area contributed by atoms with Crippen molar-refractivity contribution in [3.63, 3.8) is 0 Å². The molecule has 0 aromatic heterocycles. The molecular weight excluding hydrogens is 594 g/mol. The van der Waals surface area contributed by atoms with Crippen molar-refractivity contribution in [3.05, 3.63) is 12.2 Å². The van der Waals surface area contributed by atoms with Gasteiger partial charge in [0, 0.05) is 23.8 Å². The molecule has 0 spiro atoms. The molecule has 1 saturated carbocycles. The van der Waals surface area contributed by atoms with Crippen LogP contribution in [0.1, 0.15) is 90.4 Å². The Hall–Kier alpha value is -2.68. The number of nitrogens with two attached hydrogens (primary N) is 1. The number of rotatable bonds is 24. The van der Waals surface area contributed by atoms with Crippen molar-refractivity contribution in [3.8, 4) is 0 Å². The van der Waals surface area contributed by atoms with Gasteiger partial charge in [0.05, 0.1) is 12.2 Å². The number of carboxylic acids is 3. The predicted octanol–water partition coefficient (Wildman–Crippen LogP) is 1.89. The number of nitrogens with one attached hydrogen (secondary N) is 2. The summed E-state index contributed by atoms with van der Waals surface area (Å²) < 4.78 is 0. The van der Waals surface area contributed by atoms with Crippen molar-refractivity contribution < 1.29 is 49.5 Å². The Kier molecular flexibility index (Phi) is 19.6. The third-order valence-corrected chi connectivity index (χ3v) is 9.23. The lowest BCUT2D eigenvalue weighted by Crippen LogP contribution is -2.49. The zero-order valence-electron chi connectivity index (χ0n) is 25.6. The number of carbonyl (C=O) groups is 5.